The predicted molar refractivity (Wildman–Crippen MR) is 65.4 cm³/mol. The largest absolute Gasteiger partial charge is 0.387 e. The summed E-state index contributed by atoms with van der Waals surface area (Å²) in [4.78, 5) is 15.4. The molecular weight excluding hydrogens is 254 g/mol. The second-order valence-electron chi connectivity index (χ2n) is 4.50. The van der Waals surface area contributed by atoms with E-state index in [1.54, 1.807) is 6.92 Å². The Labute approximate surface area is 109 Å². The second kappa shape index (κ2) is 5.25. The summed E-state index contributed by atoms with van der Waals surface area (Å²) in [5, 5.41) is 19.8. The van der Waals surface area contributed by atoms with Crippen molar-refractivity contribution in [3.8, 4) is 0 Å². The number of methoxy groups -OCH3 is 1. The van der Waals surface area contributed by atoms with Crippen molar-refractivity contribution in [3.63, 3.8) is 0 Å². The number of ether oxygens (including phenoxy) is 2. The van der Waals surface area contributed by atoms with Crippen LogP contribution in [0.15, 0.2) is 11.0 Å². The molecule has 0 aromatic carbocycles. The molecule has 1 aliphatic heterocycles. The highest BCUT2D eigenvalue weighted by atomic mass is 16.6. The van der Waals surface area contributed by atoms with E-state index in [4.69, 9.17) is 15.2 Å². The Morgan fingerprint density at radius 2 is 2.21 bits per heavy atom. The van der Waals surface area contributed by atoms with Crippen LogP contribution < -0.4 is 11.4 Å². The Balaban J connectivity index is 2.33. The molecule has 1 aromatic heterocycles. The number of hydrogen-bond acceptors (Lipinski definition) is 7. The van der Waals surface area contributed by atoms with Gasteiger partial charge in [-0.2, -0.15) is 4.98 Å². The highest BCUT2D eigenvalue weighted by molar-refractivity contribution is 5.35. The Hall–Kier alpha value is -1.48. The number of nitrogens with two attached hydrogens (primary N) is 1. The molecule has 1 aliphatic rings. The Kier molecular flexibility index (Phi) is 3.85. The van der Waals surface area contributed by atoms with Gasteiger partial charge in [0.2, 0.25) is 0 Å². The molecule has 2 rings (SSSR count). The van der Waals surface area contributed by atoms with Gasteiger partial charge in [0.1, 0.15) is 24.1 Å². The average Bonchev–Trinajstić information content (AvgIpc) is 2.63. The predicted octanol–water partition coefficient (Wildman–Crippen LogP) is -1.60. The molecule has 0 saturated carbocycles. The molecule has 4 unspecified atom stereocenters. The van der Waals surface area contributed by atoms with Gasteiger partial charge in [-0.05, 0) is 6.92 Å². The number of anilines is 1. The van der Waals surface area contributed by atoms with Gasteiger partial charge in [0.15, 0.2) is 6.23 Å². The van der Waals surface area contributed by atoms with Crippen LogP contribution >= 0.6 is 0 Å². The van der Waals surface area contributed by atoms with Crippen molar-refractivity contribution in [2.24, 2.45) is 0 Å². The normalized spacial score (nSPS) is 30.7. The summed E-state index contributed by atoms with van der Waals surface area (Å²) >= 11 is 0. The summed E-state index contributed by atoms with van der Waals surface area (Å²) in [7, 11) is 1.46. The Bertz CT molecular complexity index is 518. The van der Waals surface area contributed by atoms with E-state index in [0.29, 0.717) is 5.56 Å². The van der Waals surface area contributed by atoms with Crippen LogP contribution in [-0.2, 0) is 9.47 Å². The first-order valence-corrected chi connectivity index (χ1v) is 5.81. The summed E-state index contributed by atoms with van der Waals surface area (Å²) < 4.78 is 11.4. The van der Waals surface area contributed by atoms with Crippen molar-refractivity contribution in [2.75, 3.05) is 19.5 Å². The van der Waals surface area contributed by atoms with Crippen molar-refractivity contribution < 1.29 is 19.7 Å². The SMILES string of the molecule is COCC1OC(n2cc(C)c(N)nc2=O)C(O)C1O. The van der Waals surface area contributed by atoms with Gasteiger partial charge < -0.3 is 25.4 Å². The number of nitrogen functional groups attached to an aromatic ring is 1. The standard InChI is InChI=1S/C11H17N3O5/c1-5-3-14(11(17)13-9(5)12)10-8(16)7(15)6(19-10)4-18-2/h3,6-8,10,15-16H,4H2,1-2H3,(H2,12,13,17). The van der Waals surface area contributed by atoms with Crippen LogP contribution in [0.2, 0.25) is 0 Å². The lowest BCUT2D eigenvalue weighted by Gasteiger charge is -2.17. The van der Waals surface area contributed by atoms with Crippen LogP contribution in [0.25, 0.3) is 0 Å². The van der Waals surface area contributed by atoms with E-state index in [0.717, 1.165) is 4.57 Å². The van der Waals surface area contributed by atoms with E-state index in [2.05, 4.69) is 4.98 Å². The lowest BCUT2D eigenvalue weighted by Crippen LogP contribution is -2.36. The topological polar surface area (TPSA) is 120 Å². The van der Waals surface area contributed by atoms with Crippen molar-refractivity contribution in [1.82, 2.24) is 9.55 Å². The van der Waals surface area contributed by atoms with E-state index >= 15 is 0 Å². The first-order chi connectivity index (χ1) is 8.95. The highest BCUT2D eigenvalue weighted by Gasteiger charge is 2.44. The van der Waals surface area contributed by atoms with Crippen molar-refractivity contribution in [1.29, 1.82) is 0 Å². The molecule has 0 spiro atoms. The van der Waals surface area contributed by atoms with Crippen LogP contribution in [0, 0.1) is 6.92 Å². The lowest BCUT2D eigenvalue weighted by atomic mass is 10.1. The van der Waals surface area contributed by atoms with E-state index in [1.165, 1.54) is 13.3 Å². The molecule has 19 heavy (non-hydrogen) atoms. The molecule has 1 saturated heterocycles. The van der Waals surface area contributed by atoms with Gasteiger partial charge in [-0.1, -0.05) is 0 Å². The van der Waals surface area contributed by atoms with Crippen LogP contribution in [0.4, 0.5) is 5.82 Å². The fourth-order valence-corrected chi connectivity index (χ4v) is 2.02. The average molecular weight is 271 g/mol. The number of aromatic nitrogens is 2. The first-order valence-electron chi connectivity index (χ1n) is 5.81. The maximum Gasteiger partial charge on any atom is 0.351 e. The third-order valence-electron chi connectivity index (χ3n) is 3.12. The zero-order valence-electron chi connectivity index (χ0n) is 10.7. The van der Waals surface area contributed by atoms with Gasteiger partial charge in [-0.15, -0.1) is 0 Å². The van der Waals surface area contributed by atoms with Crippen molar-refractivity contribution in [2.45, 2.75) is 31.5 Å². The van der Waals surface area contributed by atoms with Crippen LogP contribution in [0.3, 0.4) is 0 Å². The van der Waals surface area contributed by atoms with Crippen LogP contribution in [-0.4, -0.2) is 51.8 Å². The molecule has 1 fully saturated rings. The van der Waals surface area contributed by atoms with E-state index in [-0.39, 0.29) is 12.4 Å². The number of rotatable bonds is 3. The molecular formula is C11H17N3O5. The molecule has 1 aromatic rings. The van der Waals surface area contributed by atoms with Gasteiger partial charge in [-0.3, -0.25) is 4.57 Å². The molecule has 0 amide bonds. The first kappa shape index (κ1) is 13.9. The van der Waals surface area contributed by atoms with E-state index in [1.807, 2.05) is 0 Å². The van der Waals surface area contributed by atoms with Crippen molar-refractivity contribution >= 4 is 5.82 Å². The number of hydrogen-bond donors (Lipinski definition) is 3. The maximum absolute atomic E-state index is 11.8. The fourth-order valence-electron chi connectivity index (χ4n) is 2.02. The van der Waals surface area contributed by atoms with Crippen LogP contribution in [0.5, 0.6) is 0 Å². The molecule has 4 N–H and O–H groups in total. The summed E-state index contributed by atoms with van der Waals surface area (Å²) in [6.45, 7) is 1.80. The fraction of sp³-hybridized carbons (Fsp3) is 0.636. The van der Waals surface area contributed by atoms with E-state index in [9.17, 15) is 15.0 Å². The molecule has 0 aliphatic carbocycles. The van der Waals surface area contributed by atoms with Gasteiger partial charge in [0.25, 0.3) is 0 Å². The Morgan fingerprint density at radius 3 is 2.84 bits per heavy atom. The summed E-state index contributed by atoms with van der Waals surface area (Å²) in [5.74, 6) is 0.128. The van der Waals surface area contributed by atoms with Gasteiger partial charge in [0, 0.05) is 18.9 Å². The van der Waals surface area contributed by atoms with Gasteiger partial charge in [0.05, 0.1) is 6.61 Å². The summed E-state index contributed by atoms with van der Waals surface area (Å²) in [5.41, 5.74) is 5.47. The number of nitrogens with zero attached hydrogens (tertiary/aromatic N) is 2. The third-order valence-corrected chi connectivity index (χ3v) is 3.12. The van der Waals surface area contributed by atoms with Gasteiger partial charge in [-0.25, -0.2) is 4.79 Å². The second-order valence-corrected chi connectivity index (χ2v) is 4.50. The zero-order valence-corrected chi connectivity index (χ0v) is 10.7. The van der Waals surface area contributed by atoms with E-state index < -0.39 is 30.2 Å². The number of aryl methyl sites for hydroxylation is 1. The van der Waals surface area contributed by atoms with Crippen molar-refractivity contribution in [3.05, 3.63) is 22.2 Å². The molecule has 0 bridgehead atoms. The summed E-state index contributed by atoms with van der Waals surface area (Å²) in [6.07, 6.45) is -2.62. The molecule has 4 atom stereocenters. The molecule has 2 heterocycles. The third kappa shape index (κ3) is 2.47. The highest BCUT2D eigenvalue weighted by Crippen LogP contribution is 2.28. The van der Waals surface area contributed by atoms with Gasteiger partial charge >= 0.3 is 5.69 Å². The minimum absolute atomic E-state index is 0.116. The number of aliphatic hydroxyl groups is 2. The molecule has 106 valence electrons. The lowest BCUT2D eigenvalue weighted by molar-refractivity contribution is -0.0614. The monoisotopic (exact) mass is 271 g/mol. The minimum Gasteiger partial charge on any atom is -0.387 e. The molecule has 8 nitrogen and oxygen atoms in total. The van der Waals surface area contributed by atoms with Crippen LogP contribution in [0.1, 0.15) is 11.8 Å². The minimum atomic E-state index is -1.23. The smallest absolute Gasteiger partial charge is 0.351 e. The zero-order chi connectivity index (χ0) is 14.2. The maximum atomic E-state index is 11.8. The Morgan fingerprint density at radius 1 is 1.53 bits per heavy atom. The summed E-state index contributed by atoms with van der Waals surface area (Å²) in [6, 6.07) is 0. The molecule has 8 heteroatoms. The number of aliphatic hydroxyl groups excluding tert-OH is 2. The quantitative estimate of drug-likeness (QED) is 0.605. The molecule has 0 radical (unpaired) electrons.